The molecule has 0 radical (unpaired) electrons. The Bertz CT molecular complexity index is 960. The van der Waals surface area contributed by atoms with E-state index >= 15 is 0 Å². The zero-order chi connectivity index (χ0) is 19.4. The minimum Gasteiger partial charge on any atom is -0.497 e. The van der Waals surface area contributed by atoms with Crippen molar-refractivity contribution in [2.75, 3.05) is 13.7 Å². The van der Waals surface area contributed by atoms with Gasteiger partial charge in [-0.05, 0) is 50.2 Å². The number of Topliss-reactive ketones (excluding diaryl/α,β-unsaturated/α-hetero) is 1. The predicted octanol–water partition coefficient (Wildman–Crippen LogP) is 3.54. The number of carbonyl (C=O) groups excluding carboxylic acids is 2. The van der Waals surface area contributed by atoms with Gasteiger partial charge in [-0.15, -0.1) is 0 Å². The van der Waals surface area contributed by atoms with E-state index in [-0.39, 0.29) is 12.4 Å². The summed E-state index contributed by atoms with van der Waals surface area (Å²) < 4.78 is 12.0. The summed E-state index contributed by atoms with van der Waals surface area (Å²) in [6.45, 7) is 3.21. The first-order chi connectivity index (χ1) is 13.0. The number of para-hydroxylation sites is 1. The van der Waals surface area contributed by atoms with Crippen LogP contribution < -0.4 is 4.74 Å². The normalized spacial score (nSPS) is 10.5. The molecule has 0 fully saturated rings. The molecule has 6 nitrogen and oxygen atoms in total. The molecule has 0 saturated carbocycles. The number of ether oxygens (including phenoxy) is 2. The van der Waals surface area contributed by atoms with E-state index in [1.54, 1.807) is 49.9 Å². The van der Waals surface area contributed by atoms with E-state index in [2.05, 4.69) is 5.10 Å². The van der Waals surface area contributed by atoms with Gasteiger partial charge in [-0.3, -0.25) is 4.79 Å². The first-order valence-corrected chi connectivity index (χ1v) is 8.47. The number of aromatic nitrogens is 2. The molecule has 0 atom stereocenters. The van der Waals surface area contributed by atoms with Gasteiger partial charge >= 0.3 is 5.97 Å². The molecule has 1 heterocycles. The third-order valence-corrected chi connectivity index (χ3v) is 4.24. The highest BCUT2D eigenvalue weighted by atomic mass is 16.5. The number of methoxy groups -OCH3 is 1. The van der Waals surface area contributed by atoms with Crippen LogP contribution in [0, 0.1) is 13.8 Å². The lowest BCUT2D eigenvalue weighted by Gasteiger charge is -2.07. The molecule has 0 amide bonds. The van der Waals surface area contributed by atoms with Crippen molar-refractivity contribution in [1.29, 1.82) is 0 Å². The number of aryl methyl sites for hydroxylation is 1. The Kier molecular flexibility index (Phi) is 5.35. The molecule has 0 spiro atoms. The number of hydrogen-bond acceptors (Lipinski definition) is 5. The van der Waals surface area contributed by atoms with Gasteiger partial charge in [0.2, 0.25) is 0 Å². The lowest BCUT2D eigenvalue weighted by molar-refractivity contribution is 0.0473. The molecule has 0 bridgehead atoms. The van der Waals surface area contributed by atoms with Crippen molar-refractivity contribution in [3.63, 3.8) is 0 Å². The summed E-state index contributed by atoms with van der Waals surface area (Å²) in [4.78, 5) is 24.8. The second-order valence-electron chi connectivity index (χ2n) is 6.02. The summed E-state index contributed by atoms with van der Waals surface area (Å²) in [7, 11) is 1.55. The molecule has 6 heteroatoms. The van der Waals surface area contributed by atoms with Gasteiger partial charge in [0.15, 0.2) is 12.4 Å². The Hall–Kier alpha value is -3.41. The van der Waals surface area contributed by atoms with Crippen LogP contribution in [0.4, 0.5) is 0 Å². The lowest BCUT2D eigenvalue weighted by atomic mass is 10.1. The predicted molar refractivity (Wildman–Crippen MR) is 101 cm³/mol. The first-order valence-electron chi connectivity index (χ1n) is 8.47. The lowest BCUT2D eigenvalue weighted by Crippen LogP contribution is -2.15. The van der Waals surface area contributed by atoms with Crippen molar-refractivity contribution in [2.45, 2.75) is 13.8 Å². The number of rotatable bonds is 6. The van der Waals surface area contributed by atoms with Crippen LogP contribution in [0.3, 0.4) is 0 Å². The summed E-state index contributed by atoms with van der Waals surface area (Å²) in [6.07, 6.45) is 0. The molecule has 0 aliphatic heterocycles. The molecule has 0 saturated heterocycles. The maximum atomic E-state index is 12.5. The van der Waals surface area contributed by atoms with Crippen LogP contribution in [0.1, 0.15) is 32.1 Å². The third-order valence-electron chi connectivity index (χ3n) is 4.24. The number of esters is 1. The monoisotopic (exact) mass is 364 g/mol. The zero-order valence-electron chi connectivity index (χ0n) is 15.4. The van der Waals surface area contributed by atoms with Crippen molar-refractivity contribution in [1.82, 2.24) is 9.78 Å². The number of benzene rings is 2. The van der Waals surface area contributed by atoms with Crippen molar-refractivity contribution < 1.29 is 19.1 Å². The second kappa shape index (κ2) is 7.86. The van der Waals surface area contributed by atoms with E-state index in [4.69, 9.17) is 9.47 Å². The van der Waals surface area contributed by atoms with Crippen LogP contribution in [0.5, 0.6) is 5.75 Å². The van der Waals surface area contributed by atoms with E-state index in [1.165, 1.54) is 0 Å². The van der Waals surface area contributed by atoms with Crippen LogP contribution in [0.15, 0.2) is 54.6 Å². The number of hydrogen-bond donors (Lipinski definition) is 0. The van der Waals surface area contributed by atoms with E-state index < -0.39 is 5.97 Å². The summed E-state index contributed by atoms with van der Waals surface area (Å²) in [6, 6.07) is 16.2. The average Bonchev–Trinajstić information content (AvgIpc) is 3.00. The van der Waals surface area contributed by atoms with E-state index in [0.29, 0.717) is 28.3 Å². The topological polar surface area (TPSA) is 70.4 Å². The van der Waals surface area contributed by atoms with Gasteiger partial charge in [0, 0.05) is 5.56 Å². The molecule has 2 aromatic carbocycles. The molecule has 3 aromatic rings. The van der Waals surface area contributed by atoms with E-state index in [0.717, 1.165) is 5.69 Å². The van der Waals surface area contributed by atoms with Crippen LogP contribution in [-0.4, -0.2) is 35.2 Å². The average molecular weight is 364 g/mol. The van der Waals surface area contributed by atoms with E-state index in [1.807, 2.05) is 30.3 Å². The Labute approximate surface area is 157 Å². The van der Waals surface area contributed by atoms with Crippen LogP contribution in [0.25, 0.3) is 5.69 Å². The SMILES string of the molecule is COc1ccc(C(=O)COC(=O)c2c(C)nn(-c3ccccc3)c2C)cc1. The Morgan fingerprint density at radius 3 is 2.30 bits per heavy atom. The summed E-state index contributed by atoms with van der Waals surface area (Å²) >= 11 is 0. The molecule has 0 aliphatic rings. The second-order valence-corrected chi connectivity index (χ2v) is 6.02. The smallest absolute Gasteiger partial charge is 0.342 e. The number of carbonyl (C=O) groups is 2. The minimum absolute atomic E-state index is 0.281. The highest BCUT2D eigenvalue weighted by molar-refractivity contribution is 5.99. The quantitative estimate of drug-likeness (QED) is 0.494. The third kappa shape index (κ3) is 3.89. The Balaban J connectivity index is 1.73. The van der Waals surface area contributed by atoms with Crippen molar-refractivity contribution in [3.05, 3.63) is 77.1 Å². The Morgan fingerprint density at radius 1 is 1.00 bits per heavy atom. The molecule has 0 N–H and O–H groups in total. The largest absolute Gasteiger partial charge is 0.497 e. The molecule has 27 heavy (non-hydrogen) atoms. The fourth-order valence-electron chi connectivity index (χ4n) is 2.82. The van der Waals surface area contributed by atoms with Gasteiger partial charge in [0.25, 0.3) is 0 Å². The molecule has 0 aliphatic carbocycles. The summed E-state index contributed by atoms with van der Waals surface area (Å²) in [5.74, 6) is -0.186. The maximum Gasteiger partial charge on any atom is 0.342 e. The fourth-order valence-corrected chi connectivity index (χ4v) is 2.82. The molecular formula is C21H20N2O4. The molecular weight excluding hydrogens is 344 g/mol. The van der Waals surface area contributed by atoms with Crippen LogP contribution in [0.2, 0.25) is 0 Å². The van der Waals surface area contributed by atoms with Crippen molar-refractivity contribution in [2.24, 2.45) is 0 Å². The first kappa shape index (κ1) is 18.4. The van der Waals surface area contributed by atoms with Crippen LogP contribution in [-0.2, 0) is 4.74 Å². The minimum atomic E-state index is -0.561. The number of ketones is 1. The van der Waals surface area contributed by atoms with Crippen molar-refractivity contribution >= 4 is 11.8 Å². The maximum absolute atomic E-state index is 12.5. The molecule has 138 valence electrons. The van der Waals surface area contributed by atoms with Gasteiger partial charge in [-0.2, -0.15) is 5.10 Å². The van der Waals surface area contributed by atoms with Crippen molar-refractivity contribution in [3.8, 4) is 11.4 Å². The van der Waals surface area contributed by atoms with Gasteiger partial charge in [-0.25, -0.2) is 9.48 Å². The van der Waals surface area contributed by atoms with Gasteiger partial charge in [-0.1, -0.05) is 18.2 Å². The molecule has 1 aromatic heterocycles. The highest BCUT2D eigenvalue weighted by Crippen LogP contribution is 2.19. The Morgan fingerprint density at radius 2 is 1.67 bits per heavy atom. The van der Waals surface area contributed by atoms with Gasteiger partial charge in [0.1, 0.15) is 11.3 Å². The zero-order valence-corrected chi connectivity index (χ0v) is 15.4. The summed E-state index contributed by atoms with van der Waals surface area (Å²) in [5.41, 5.74) is 2.91. The number of nitrogens with zero attached hydrogens (tertiary/aromatic N) is 2. The molecule has 3 rings (SSSR count). The fraction of sp³-hybridized carbons (Fsp3) is 0.190. The van der Waals surface area contributed by atoms with Gasteiger partial charge < -0.3 is 9.47 Å². The van der Waals surface area contributed by atoms with Crippen LogP contribution >= 0.6 is 0 Å². The standard InChI is InChI=1S/C21H20N2O4/c1-14-20(15(2)23(22-14)17-7-5-4-6-8-17)21(25)27-13-19(24)16-9-11-18(26-3)12-10-16/h4-12H,13H2,1-3H3. The van der Waals surface area contributed by atoms with Gasteiger partial charge in [0.05, 0.1) is 24.2 Å². The highest BCUT2D eigenvalue weighted by Gasteiger charge is 2.21. The summed E-state index contributed by atoms with van der Waals surface area (Å²) in [5, 5.41) is 4.42. The van der Waals surface area contributed by atoms with E-state index in [9.17, 15) is 9.59 Å². The molecule has 0 unspecified atom stereocenters.